The van der Waals surface area contributed by atoms with Crippen LogP contribution in [-0.2, 0) is 6.42 Å². The Morgan fingerprint density at radius 2 is 1.78 bits per heavy atom. The summed E-state index contributed by atoms with van der Waals surface area (Å²) < 4.78 is 40.4. The van der Waals surface area contributed by atoms with Gasteiger partial charge in [0.1, 0.15) is 0 Å². The first-order valence-corrected chi connectivity index (χ1v) is 10.1. The van der Waals surface area contributed by atoms with Crippen molar-refractivity contribution in [1.29, 1.82) is 0 Å². The third kappa shape index (κ3) is 4.24. The fraction of sp³-hybridized carbons (Fsp3) is 0.160. The molecule has 0 spiro atoms. The summed E-state index contributed by atoms with van der Waals surface area (Å²) in [4.78, 5) is 15.9. The molecular formula is C25H21F3N2O2. The van der Waals surface area contributed by atoms with Crippen LogP contribution >= 0.6 is 0 Å². The number of fused-ring (bicyclic) bond motifs is 1. The Morgan fingerprint density at radius 3 is 2.47 bits per heavy atom. The number of aliphatic hydroxyl groups is 1. The standard InChI is InChI=1S/C25H21F3N2O2/c1-14-8-15(6-7-19(14)16-10-21(26)24(28)22(27)11-16)25(32)30-18(13-31)9-17-12-29-23-5-3-2-4-20(17)23/h2-8,10-12,18,29,31H,9,13H2,1H3,(H,30,32)/t18-/m1/s1. The van der Waals surface area contributed by atoms with Gasteiger partial charge in [0.15, 0.2) is 17.5 Å². The number of hydrogen-bond donors (Lipinski definition) is 3. The average molecular weight is 438 g/mol. The maximum atomic E-state index is 13.6. The molecule has 0 bridgehead atoms. The van der Waals surface area contributed by atoms with E-state index in [0.29, 0.717) is 23.1 Å². The van der Waals surface area contributed by atoms with E-state index in [-0.39, 0.29) is 18.1 Å². The van der Waals surface area contributed by atoms with Crippen LogP contribution < -0.4 is 5.32 Å². The summed E-state index contributed by atoms with van der Waals surface area (Å²) in [5, 5.41) is 13.6. The maximum absolute atomic E-state index is 13.6. The predicted molar refractivity (Wildman–Crippen MR) is 117 cm³/mol. The predicted octanol–water partition coefficient (Wildman–Crippen LogP) is 4.89. The van der Waals surface area contributed by atoms with Gasteiger partial charge in [-0.3, -0.25) is 4.79 Å². The van der Waals surface area contributed by atoms with Crippen LogP contribution in [0.15, 0.2) is 60.8 Å². The number of benzene rings is 3. The average Bonchev–Trinajstić information content (AvgIpc) is 3.19. The number of carbonyl (C=O) groups excluding carboxylic acids is 1. The molecular weight excluding hydrogens is 417 g/mol. The molecule has 0 fully saturated rings. The zero-order valence-corrected chi connectivity index (χ0v) is 17.3. The molecule has 1 heterocycles. The fourth-order valence-electron chi connectivity index (χ4n) is 3.84. The van der Waals surface area contributed by atoms with E-state index in [9.17, 15) is 23.1 Å². The van der Waals surface area contributed by atoms with E-state index in [0.717, 1.165) is 28.6 Å². The van der Waals surface area contributed by atoms with Crippen molar-refractivity contribution in [2.75, 3.05) is 6.61 Å². The Balaban J connectivity index is 1.52. The normalized spacial score (nSPS) is 12.2. The Labute approximate surface area is 182 Å². The van der Waals surface area contributed by atoms with Gasteiger partial charge >= 0.3 is 0 Å². The minimum atomic E-state index is -1.52. The highest BCUT2D eigenvalue weighted by Gasteiger charge is 2.18. The molecule has 0 radical (unpaired) electrons. The van der Waals surface area contributed by atoms with Gasteiger partial charge in [0, 0.05) is 22.7 Å². The van der Waals surface area contributed by atoms with Crippen molar-refractivity contribution in [3.8, 4) is 11.1 Å². The van der Waals surface area contributed by atoms with Gasteiger partial charge in [-0.05, 0) is 65.9 Å². The largest absolute Gasteiger partial charge is 0.394 e. The van der Waals surface area contributed by atoms with Crippen molar-refractivity contribution >= 4 is 16.8 Å². The van der Waals surface area contributed by atoms with E-state index in [1.54, 1.807) is 19.1 Å². The number of hydrogen-bond acceptors (Lipinski definition) is 2. The number of aromatic amines is 1. The first kappa shape index (κ1) is 21.6. The van der Waals surface area contributed by atoms with Crippen LogP contribution in [0.25, 0.3) is 22.0 Å². The van der Waals surface area contributed by atoms with Crippen molar-refractivity contribution in [2.24, 2.45) is 0 Å². The Bertz CT molecular complexity index is 1280. The van der Waals surface area contributed by atoms with Crippen molar-refractivity contribution in [3.05, 3.63) is 94.9 Å². The molecule has 0 aliphatic carbocycles. The van der Waals surface area contributed by atoms with Crippen LogP contribution in [0, 0.1) is 24.4 Å². The highest BCUT2D eigenvalue weighted by Crippen LogP contribution is 2.27. The quantitative estimate of drug-likeness (QED) is 0.375. The lowest BCUT2D eigenvalue weighted by Crippen LogP contribution is -2.39. The molecule has 1 aromatic heterocycles. The summed E-state index contributed by atoms with van der Waals surface area (Å²) in [5.41, 5.74) is 3.56. The lowest BCUT2D eigenvalue weighted by Gasteiger charge is -2.17. The summed E-state index contributed by atoms with van der Waals surface area (Å²) in [5.74, 6) is -4.45. The van der Waals surface area contributed by atoms with Crippen LogP contribution in [0.1, 0.15) is 21.5 Å². The Morgan fingerprint density at radius 1 is 1.06 bits per heavy atom. The van der Waals surface area contributed by atoms with Gasteiger partial charge in [-0.2, -0.15) is 0 Å². The van der Waals surface area contributed by atoms with Crippen molar-refractivity contribution in [3.63, 3.8) is 0 Å². The molecule has 1 amide bonds. The Kier molecular flexibility index (Phi) is 6.01. The minimum Gasteiger partial charge on any atom is -0.394 e. The molecule has 3 aromatic carbocycles. The highest BCUT2D eigenvalue weighted by molar-refractivity contribution is 5.95. The molecule has 32 heavy (non-hydrogen) atoms. The van der Waals surface area contributed by atoms with Gasteiger partial charge in [0.25, 0.3) is 5.91 Å². The molecule has 3 N–H and O–H groups in total. The zero-order valence-electron chi connectivity index (χ0n) is 17.3. The lowest BCUT2D eigenvalue weighted by atomic mass is 9.97. The van der Waals surface area contributed by atoms with E-state index in [1.807, 2.05) is 30.5 Å². The summed E-state index contributed by atoms with van der Waals surface area (Å²) in [6.07, 6.45) is 2.30. The third-order valence-electron chi connectivity index (χ3n) is 5.48. The molecule has 0 saturated carbocycles. The maximum Gasteiger partial charge on any atom is 0.251 e. The molecule has 4 aromatic rings. The van der Waals surface area contributed by atoms with E-state index in [2.05, 4.69) is 10.3 Å². The highest BCUT2D eigenvalue weighted by atomic mass is 19.2. The van der Waals surface area contributed by atoms with Gasteiger partial charge in [-0.1, -0.05) is 24.3 Å². The first-order chi connectivity index (χ1) is 15.4. The lowest BCUT2D eigenvalue weighted by molar-refractivity contribution is 0.0916. The van der Waals surface area contributed by atoms with Crippen LogP contribution in [0.3, 0.4) is 0 Å². The summed E-state index contributed by atoms with van der Waals surface area (Å²) in [6, 6.07) is 13.8. The molecule has 4 nitrogen and oxygen atoms in total. The van der Waals surface area contributed by atoms with Gasteiger partial charge in [-0.25, -0.2) is 13.2 Å². The minimum absolute atomic E-state index is 0.179. The molecule has 0 aliphatic rings. The number of aromatic nitrogens is 1. The van der Waals surface area contributed by atoms with E-state index >= 15 is 0 Å². The first-order valence-electron chi connectivity index (χ1n) is 10.1. The number of aryl methyl sites for hydroxylation is 1. The number of aliphatic hydroxyl groups excluding tert-OH is 1. The summed E-state index contributed by atoms with van der Waals surface area (Å²) in [6.45, 7) is 1.46. The molecule has 0 saturated heterocycles. The summed E-state index contributed by atoms with van der Waals surface area (Å²) in [7, 11) is 0. The van der Waals surface area contributed by atoms with Crippen molar-refractivity contribution in [1.82, 2.24) is 10.3 Å². The van der Waals surface area contributed by atoms with E-state index in [4.69, 9.17) is 0 Å². The molecule has 0 aliphatic heterocycles. The number of amides is 1. The molecule has 1 atom stereocenters. The molecule has 7 heteroatoms. The number of carbonyl (C=O) groups is 1. The number of para-hydroxylation sites is 1. The van der Waals surface area contributed by atoms with Crippen molar-refractivity contribution < 1.29 is 23.1 Å². The number of rotatable bonds is 6. The van der Waals surface area contributed by atoms with Crippen LogP contribution in [0.4, 0.5) is 13.2 Å². The van der Waals surface area contributed by atoms with Crippen LogP contribution in [0.5, 0.6) is 0 Å². The molecule has 164 valence electrons. The third-order valence-corrected chi connectivity index (χ3v) is 5.48. The Hall–Kier alpha value is -3.58. The zero-order chi connectivity index (χ0) is 22.8. The second-order valence-electron chi connectivity index (χ2n) is 7.70. The fourth-order valence-corrected chi connectivity index (χ4v) is 3.84. The molecule has 4 rings (SSSR count). The van der Waals surface area contributed by atoms with E-state index < -0.39 is 23.5 Å². The van der Waals surface area contributed by atoms with Crippen LogP contribution in [-0.4, -0.2) is 28.6 Å². The topological polar surface area (TPSA) is 65.1 Å². The second kappa shape index (κ2) is 8.88. The number of halogens is 3. The van der Waals surface area contributed by atoms with Crippen LogP contribution in [0.2, 0.25) is 0 Å². The SMILES string of the molecule is Cc1cc(C(=O)N[C@@H](CO)Cc2c[nH]c3ccccc23)ccc1-c1cc(F)c(F)c(F)c1. The second-order valence-corrected chi connectivity index (χ2v) is 7.70. The molecule has 0 unspecified atom stereocenters. The summed E-state index contributed by atoms with van der Waals surface area (Å²) >= 11 is 0. The monoisotopic (exact) mass is 438 g/mol. The van der Waals surface area contributed by atoms with Gasteiger partial charge in [0.05, 0.1) is 12.6 Å². The van der Waals surface area contributed by atoms with E-state index in [1.165, 1.54) is 6.07 Å². The smallest absolute Gasteiger partial charge is 0.251 e. The van der Waals surface area contributed by atoms with Gasteiger partial charge in [-0.15, -0.1) is 0 Å². The number of nitrogens with one attached hydrogen (secondary N) is 2. The van der Waals surface area contributed by atoms with Gasteiger partial charge in [0.2, 0.25) is 0 Å². The number of H-pyrrole nitrogens is 1. The van der Waals surface area contributed by atoms with Gasteiger partial charge < -0.3 is 15.4 Å². The van der Waals surface area contributed by atoms with Crippen molar-refractivity contribution in [2.45, 2.75) is 19.4 Å².